The summed E-state index contributed by atoms with van der Waals surface area (Å²) < 4.78 is 0. The first-order chi connectivity index (χ1) is 8.82. The van der Waals surface area contributed by atoms with E-state index in [0.717, 1.165) is 32.5 Å². The number of nitrogens with zero attached hydrogens (tertiary/aromatic N) is 2. The Kier molecular flexibility index (Phi) is 3.07. The van der Waals surface area contributed by atoms with Crippen LogP contribution in [0.3, 0.4) is 0 Å². The van der Waals surface area contributed by atoms with Crippen molar-refractivity contribution < 1.29 is 4.79 Å². The molecule has 1 amide bonds. The van der Waals surface area contributed by atoms with Crippen molar-refractivity contribution in [1.29, 1.82) is 0 Å². The molecule has 2 N–H and O–H groups in total. The summed E-state index contributed by atoms with van der Waals surface area (Å²) in [6.07, 6.45) is 9.21. The second kappa shape index (κ2) is 4.72. The summed E-state index contributed by atoms with van der Waals surface area (Å²) >= 11 is 0. The zero-order valence-corrected chi connectivity index (χ0v) is 10.6. The molecule has 1 saturated carbocycles. The van der Waals surface area contributed by atoms with Crippen molar-refractivity contribution in [3.63, 3.8) is 0 Å². The fourth-order valence-electron chi connectivity index (χ4n) is 3.34. The number of piperazine rings is 1. The predicted octanol–water partition coefficient (Wildman–Crippen LogP) is 1.16. The largest absolute Gasteiger partial charge is 0.341 e. The molecule has 0 atom stereocenters. The lowest BCUT2D eigenvalue weighted by Gasteiger charge is -2.49. The molecule has 1 spiro atoms. The lowest BCUT2D eigenvalue weighted by molar-refractivity contribution is 0.0218. The number of rotatable bonds is 1. The quantitative estimate of drug-likeness (QED) is 0.784. The van der Waals surface area contributed by atoms with Gasteiger partial charge in [-0.1, -0.05) is 19.3 Å². The van der Waals surface area contributed by atoms with Crippen LogP contribution >= 0.6 is 0 Å². The molecule has 98 valence electrons. The summed E-state index contributed by atoms with van der Waals surface area (Å²) in [5.41, 5.74) is 0.653. The van der Waals surface area contributed by atoms with Gasteiger partial charge in [-0.3, -0.25) is 4.79 Å². The van der Waals surface area contributed by atoms with E-state index >= 15 is 0 Å². The number of aromatic amines is 1. The third-order valence-corrected chi connectivity index (χ3v) is 4.30. The Morgan fingerprint density at radius 3 is 2.89 bits per heavy atom. The van der Waals surface area contributed by atoms with Crippen LogP contribution in [0.2, 0.25) is 0 Å². The lowest BCUT2D eigenvalue weighted by Crippen LogP contribution is -2.63. The van der Waals surface area contributed by atoms with Gasteiger partial charge in [0, 0.05) is 19.6 Å². The van der Waals surface area contributed by atoms with Gasteiger partial charge in [-0.2, -0.15) is 0 Å². The summed E-state index contributed by atoms with van der Waals surface area (Å²) in [6.45, 7) is 2.63. The molecule has 1 aromatic heterocycles. The molecule has 1 aliphatic heterocycles. The molecule has 3 rings (SSSR count). The first-order valence-corrected chi connectivity index (χ1v) is 6.83. The van der Waals surface area contributed by atoms with Crippen LogP contribution in [0.15, 0.2) is 12.5 Å². The van der Waals surface area contributed by atoms with E-state index in [1.54, 1.807) is 12.5 Å². The second-order valence-corrected chi connectivity index (χ2v) is 5.38. The maximum atomic E-state index is 12.6. The average molecular weight is 248 g/mol. The summed E-state index contributed by atoms with van der Waals surface area (Å²) in [6, 6.07) is 0. The molecule has 0 aromatic carbocycles. The van der Waals surface area contributed by atoms with Gasteiger partial charge in [0.1, 0.15) is 5.69 Å². The Hall–Kier alpha value is -1.36. The summed E-state index contributed by atoms with van der Waals surface area (Å²) in [4.78, 5) is 21.5. The highest BCUT2D eigenvalue weighted by Gasteiger charge is 2.42. The van der Waals surface area contributed by atoms with E-state index < -0.39 is 0 Å². The van der Waals surface area contributed by atoms with E-state index in [-0.39, 0.29) is 11.4 Å². The normalized spacial score (nSPS) is 23.2. The molecule has 2 heterocycles. The predicted molar refractivity (Wildman–Crippen MR) is 68.3 cm³/mol. The number of carbonyl (C=O) groups is 1. The molecule has 0 bridgehead atoms. The zero-order valence-electron chi connectivity index (χ0n) is 10.6. The summed E-state index contributed by atoms with van der Waals surface area (Å²) in [5.74, 6) is 0.107. The van der Waals surface area contributed by atoms with Gasteiger partial charge in [-0.05, 0) is 12.8 Å². The Morgan fingerprint density at radius 2 is 2.17 bits per heavy atom. The van der Waals surface area contributed by atoms with Crippen LogP contribution in [0.5, 0.6) is 0 Å². The molecule has 5 heteroatoms. The Balaban J connectivity index is 1.85. The van der Waals surface area contributed by atoms with Crippen molar-refractivity contribution in [2.45, 2.75) is 37.6 Å². The standard InChI is InChI=1S/C13H20N4O/c18-12(11-8-15-10-16-11)17-7-6-14-9-13(17)4-2-1-3-5-13/h8,10,14H,1-7,9H2,(H,15,16). The maximum Gasteiger partial charge on any atom is 0.272 e. The maximum absolute atomic E-state index is 12.6. The van der Waals surface area contributed by atoms with Crippen LogP contribution < -0.4 is 5.32 Å². The van der Waals surface area contributed by atoms with Gasteiger partial charge in [-0.15, -0.1) is 0 Å². The first kappa shape index (κ1) is 11.7. The Morgan fingerprint density at radius 1 is 1.33 bits per heavy atom. The van der Waals surface area contributed by atoms with Crippen LogP contribution in [-0.4, -0.2) is 45.9 Å². The first-order valence-electron chi connectivity index (χ1n) is 6.83. The minimum absolute atomic E-state index is 0.0404. The number of H-pyrrole nitrogens is 1. The van der Waals surface area contributed by atoms with E-state index in [0.29, 0.717) is 5.69 Å². The van der Waals surface area contributed by atoms with Gasteiger partial charge in [0.25, 0.3) is 5.91 Å². The molecule has 0 unspecified atom stereocenters. The van der Waals surface area contributed by atoms with Crippen molar-refractivity contribution in [2.24, 2.45) is 0 Å². The van der Waals surface area contributed by atoms with Gasteiger partial charge in [0.15, 0.2) is 0 Å². The van der Waals surface area contributed by atoms with E-state index in [9.17, 15) is 4.79 Å². The second-order valence-electron chi connectivity index (χ2n) is 5.38. The third-order valence-electron chi connectivity index (χ3n) is 4.30. The minimum atomic E-state index is 0.0404. The monoisotopic (exact) mass is 248 g/mol. The number of aromatic nitrogens is 2. The molecule has 1 aliphatic carbocycles. The van der Waals surface area contributed by atoms with Gasteiger partial charge in [-0.25, -0.2) is 4.98 Å². The van der Waals surface area contributed by atoms with Crippen LogP contribution in [0.25, 0.3) is 0 Å². The lowest BCUT2D eigenvalue weighted by atomic mass is 9.79. The smallest absolute Gasteiger partial charge is 0.272 e. The van der Waals surface area contributed by atoms with Crippen molar-refractivity contribution in [3.8, 4) is 0 Å². The fraction of sp³-hybridized carbons (Fsp3) is 0.692. The van der Waals surface area contributed by atoms with Crippen LogP contribution in [0, 0.1) is 0 Å². The zero-order chi connectivity index (χ0) is 12.4. The van der Waals surface area contributed by atoms with Crippen molar-refractivity contribution in [2.75, 3.05) is 19.6 Å². The average Bonchev–Trinajstić information content (AvgIpc) is 2.93. The molecule has 18 heavy (non-hydrogen) atoms. The SMILES string of the molecule is O=C(c1cnc[nH]1)N1CCNCC12CCCCC2. The van der Waals surface area contributed by atoms with Crippen molar-refractivity contribution in [1.82, 2.24) is 20.2 Å². The number of imidazole rings is 1. The van der Waals surface area contributed by atoms with Crippen LogP contribution in [-0.2, 0) is 0 Å². The topological polar surface area (TPSA) is 61.0 Å². The van der Waals surface area contributed by atoms with E-state index in [1.807, 2.05) is 0 Å². The highest BCUT2D eigenvalue weighted by atomic mass is 16.2. The third kappa shape index (κ3) is 1.92. The number of carbonyl (C=O) groups excluding carboxylic acids is 1. The minimum Gasteiger partial charge on any atom is -0.341 e. The highest BCUT2D eigenvalue weighted by Crippen LogP contribution is 2.35. The number of hydrogen-bond acceptors (Lipinski definition) is 3. The van der Waals surface area contributed by atoms with Crippen LogP contribution in [0.4, 0.5) is 0 Å². The summed E-state index contributed by atoms with van der Waals surface area (Å²) in [5, 5.41) is 3.46. The van der Waals surface area contributed by atoms with Crippen molar-refractivity contribution >= 4 is 5.91 Å². The molecular formula is C13H20N4O. The van der Waals surface area contributed by atoms with Gasteiger partial charge in [0.05, 0.1) is 18.1 Å². The number of nitrogens with one attached hydrogen (secondary N) is 2. The fourth-order valence-corrected chi connectivity index (χ4v) is 3.34. The van der Waals surface area contributed by atoms with E-state index in [2.05, 4.69) is 20.2 Å². The highest BCUT2D eigenvalue weighted by molar-refractivity contribution is 5.92. The molecular weight excluding hydrogens is 228 g/mol. The van der Waals surface area contributed by atoms with Crippen LogP contribution in [0.1, 0.15) is 42.6 Å². The van der Waals surface area contributed by atoms with Gasteiger partial charge in [0.2, 0.25) is 0 Å². The van der Waals surface area contributed by atoms with Gasteiger partial charge < -0.3 is 15.2 Å². The van der Waals surface area contributed by atoms with Gasteiger partial charge >= 0.3 is 0 Å². The van der Waals surface area contributed by atoms with E-state index in [1.165, 1.54) is 19.3 Å². The number of hydrogen-bond donors (Lipinski definition) is 2. The number of amides is 1. The van der Waals surface area contributed by atoms with E-state index in [4.69, 9.17) is 0 Å². The molecule has 1 aromatic rings. The molecule has 5 nitrogen and oxygen atoms in total. The molecule has 0 radical (unpaired) electrons. The summed E-state index contributed by atoms with van der Waals surface area (Å²) in [7, 11) is 0. The molecule has 1 saturated heterocycles. The Bertz CT molecular complexity index is 400. The van der Waals surface area contributed by atoms with Crippen molar-refractivity contribution in [3.05, 3.63) is 18.2 Å². The Labute approximate surface area is 107 Å². The molecule has 2 fully saturated rings. The molecule has 2 aliphatic rings.